The van der Waals surface area contributed by atoms with Gasteiger partial charge in [0.25, 0.3) is 5.56 Å². The minimum Gasteiger partial charge on any atom is -0.345 e. The average molecular weight is 424 g/mol. The maximum absolute atomic E-state index is 13.5. The summed E-state index contributed by atoms with van der Waals surface area (Å²) >= 11 is 6.73. The molecule has 2 aliphatic rings. The second kappa shape index (κ2) is 6.33. The first kappa shape index (κ1) is 18.0. The molecule has 0 spiro atoms. The Balaban J connectivity index is 1.54. The summed E-state index contributed by atoms with van der Waals surface area (Å²) in [6.45, 7) is 1.86. The van der Waals surface area contributed by atoms with Crippen LogP contribution in [0.5, 0.6) is 0 Å². The normalized spacial score (nSPS) is 21.2. The number of aromatic amines is 1. The van der Waals surface area contributed by atoms with Gasteiger partial charge in [0.1, 0.15) is 5.65 Å². The van der Waals surface area contributed by atoms with Gasteiger partial charge in [-0.3, -0.25) is 14.0 Å². The van der Waals surface area contributed by atoms with Crippen molar-refractivity contribution in [1.29, 1.82) is 0 Å². The summed E-state index contributed by atoms with van der Waals surface area (Å²) in [4.78, 5) is 23.9. The molecule has 8 nitrogen and oxygen atoms in total. The van der Waals surface area contributed by atoms with E-state index in [1.54, 1.807) is 9.25 Å². The molecule has 2 atom stereocenters. The van der Waals surface area contributed by atoms with Crippen molar-refractivity contribution < 1.29 is 0 Å². The molecule has 9 heteroatoms. The summed E-state index contributed by atoms with van der Waals surface area (Å²) in [5, 5.41) is 9.91. The smallest absolute Gasteiger partial charge is 0.264 e. The van der Waals surface area contributed by atoms with Gasteiger partial charge < -0.3 is 15.2 Å². The van der Waals surface area contributed by atoms with Crippen LogP contribution in [0.3, 0.4) is 0 Å². The second-order valence-electron chi connectivity index (χ2n) is 8.32. The third kappa shape index (κ3) is 2.40. The van der Waals surface area contributed by atoms with Crippen molar-refractivity contribution in [3.8, 4) is 11.1 Å². The zero-order valence-corrected chi connectivity index (χ0v) is 17.6. The Hall–Kier alpha value is -2.84. The van der Waals surface area contributed by atoms with Gasteiger partial charge in [0.2, 0.25) is 5.95 Å². The molecule has 154 valence electrons. The third-order valence-corrected chi connectivity index (χ3v) is 6.94. The largest absolute Gasteiger partial charge is 0.345 e. The molecule has 2 aliphatic heterocycles. The molecule has 2 fully saturated rings. The number of hydrogen-bond acceptors (Lipinski definition) is 5. The summed E-state index contributed by atoms with van der Waals surface area (Å²) in [5.41, 5.74) is 2.93. The molecule has 2 saturated heterocycles. The van der Waals surface area contributed by atoms with E-state index in [0.717, 1.165) is 53.9 Å². The van der Waals surface area contributed by atoms with Crippen molar-refractivity contribution in [1.82, 2.24) is 29.6 Å². The number of nitrogens with zero attached hydrogens (tertiary/aromatic N) is 5. The number of H-pyrrole nitrogens is 1. The van der Waals surface area contributed by atoms with Gasteiger partial charge in [-0.05, 0) is 18.9 Å². The minimum absolute atomic E-state index is 0.0634. The molecule has 5 heterocycles. The van der Waals surface area contributed by atoms with E-state index in [0.29, 0.717) is 28.1 Å². The molecule has 2 unspecified atom stereocenters. The fourth-order valence-electron chi connectivity index (χ4n) is 5.09. The summed E-state index contributed by atoms with van der Waals surface area (Å²) in [6.07, 6.45) is 5.98. The van der Waals surface area contributed by atoms with Gasteiger partial charge >= 0.3 is 0 Å². The topological polar surface area (TPSA) is 83.8 Å². The van der Waals surface area contributed by atoms with E-state index in [4.69, 9.17) is 16.6 Å². The Morgan fingerprint density at radius 3 is 2.67 bits per heavy atom. The Labute approximate surface area is 177 Å². The minimum atomic E-state index is -0.0634. The fourth-order valence-corrected chi connectivity index (χ4v) is 5.40. The van der Waals surface area contributed by atoms with Crippen LogP contribution in [-0.4, -0.2) is 49.5 Å². The second-order valence-corrected chi connectivity index (χ2v) is 8.69. The van der Waals surface area contributed by atoms with Crippen LogP contribution in [0.25, 0.3) is 33.1 Å². The van der Waals surface area contributed by atoms with E-state index in [1.165, 1.54) is 0 Å². The number of aromatic nitrogens is 5. The lowest BCUT2D eigenvalue weighted by Gasteiger charge is -2.36. The molecule has 0 aliphatic carbocycles. The highest BCUT2D eigenvalue weighted by Crippen LogP contribution is 2.37. The van der Waals surface area contributed by atoms with Crippen molar-refractivity contribution in [2.24, 2.45) is 14.1 Å². The molecule has 2 N–H and O–H groups in total. The van der Waals surface area contributed by atoms with Crippen LogP contribution >= 0.6 is 11.6 Å². The lowest BCUT2D eigenvalue weighted by atomic mass is 10.0. The highest BCUT2D eigenvalue weighted by atomic mass is 35.5. The molecule has 30 heavy (non-hydrogen) atoms. The predicted octanol–water partition coefficient (Wildman–Crippen LogP) is 2.41. The summed E-state index contributed by atoms with van der Waals surface area (Å²) in [5.74, 6) is 0.740. The zero-order chi connectivity index (χ0) is 20.6. The Morgan fingerprint density at radius 1 is 1.13 bits per heavy atom. The molecular weight excluding hydrogens is 402 g/mol. The number of benzene rings is 1. The number of hydrogen-bond donors (Lipinski definition) is 2. The fraction of sp³-hybridized carbons (Fsp3) is 0.381. The van der Waals surface area contributed by atoms with Gasteiger partial charge in [-0.2, -0.15) is 10.1 Å². The van der Waals surface area contributed by atoms with Crippen LogP contribution in [0, 0.1) is 0 Å². The molecule has 0 radical (unpaired) electrons. The first-order valence-electron chi connectivity index (χ1n) is 10.2. The Morgan fingerprint density at radius 2 is 1.90 bits per heavy atom. The van der Waals surface area contributed by atoms with Gasteiger partial charge in [-0.1, -0.05) is 17.7 Å². The average Bonchev–Trinajstić information content (AvgIpc) is 3.38. The van der Waals surface area contributed by atoms with Crippen LogP contribution in [0.2, 0.25) is 5.02 Å². The van der Waals surface area contributed by atoms with Gasteiger partial charge in [-0.15, -0.1) is 0 Å². The number of piperazine rings is 1. The molecule has 6 rings (SSSR count). The first-order valence-corrected chi connectivity index (χ1v) is 10.6. The lowest BCUT2D eigenvalue weighted by Crippen LogP contribution is -2.53. The molecule has 0 saturated carbocycles. The van der Waals surface area contributed by atoms with E-state index >= 15 is 0 Å². The highest BCUT2D eigenvalue weighted by Gasteiger charge is 2.38. The molecule has 4 aromatic rings. The standard InChI is InChI=1S/C21H22ClN7O/c1-27-10-15-16(26-27)6-5-13(18(15)22)14-9-24-19-17(14)20(30)28(2)21(25-19)29-11-3-4-12(29)8-23-7-11/h5-6,9-12,23-24H,3-4,7-8H2,1-2H3. The molecule has 1 aromatic carbocycles. The van der Waals surface area contributed by atoms with E-state index in [9.17, 15) is 4.79 Å². The van der Waals surface area contributed by atoms with Gasteiger partial charge in [0.05, 0.1) is 15.9 Å². The summed E-state index contributed by atoms with van der Waals surface area (Å²) < 4.78 is 3.43. The van der Waals surface area contributed by atoms with Crippen molar-refractivity contribution in [3.63, 3.8) is 0 Å². The summed E-state index contributed by atoms with van der Waals surface area (Å²) in [7, 11) is 3.68. The molecule has 3 aromatic heterocycles. The van der Waals surface area contributed by atoms with E-state index in [1.807, 2.05) is 38.6 Å². The van der Waals surface area contributed by atoms with Crippen LogP contribution in [0.1, 0.15) is 12.8 Å². The van der Waals surface area contributed by atoms with E-state index in [-0.39, 0.29) is 5.56 Å². The summed E-state index contributed by atoms with van der Waals surface area (Å²) in [6, 6.07) is 4.62. The number of fused-ring (bicyclic) bond motifs is 4. The van der Waals surface area contributed by atoms with E-state index in [2.05, 4.69) is 20.3 Å². The monoisotopic (exact) mass is 423 g/mol. The predicted molar refractivity (Wildman–Crippen MR) is 118 cm³/mol. The SMILES string of the molecule is Cn1cc2c(Cl)c(-c3c[nH]c4nc(N5C6CCC5CNC6)n(C)c(=O)c34)ccc2n1. The number of halogens is 1. The van der Waals surface area contributed by atoms with Gasteiger partial charge in [-0.25, -0.2) is 0 Å². The maximum atomic E-state index is 13.5. The highest BCUT2D eigenvalue weighted by molar-refractivity contribution is 6.38. The third-order valence-electron chi connectivity index (χ3n) is 6.53. The van der Waals surface area contributed by atoms with Gasteiger partial charge in [0, 0.05) is 68.2 Å². The Bertz CT molecular complexity index is 1350. The Kier molecular flexibility index (Phi) is 3.79. The van der Waals surface area contributed by atoms with Crippen molar-refractivity contribution in [2.45, 2.75) is 24.9 Å². The van der Waals surface area contributed by atoms with Crippen molar-refractivity contribution in [3.05, 3.63) is 39.9 Å². The number of aryl methyl sites for hydroxylation is 1. The lowest BCUT2D eigenvalue weighted by molar-refractivity contribution is 0.470. The van der Waals surface area contributed by atoms with Gasteiger partial charge in [0.15, 0.2) is 0 Å². The van der Waals surface area contributed by atoms with Crippen molar-refractivity contribution >= 4 is 39.5 Å². The van der Waals surface area contributed by atoms with Crippen molar-refractivity contribution in [2.75, 3.05) is 18.0 Å². The molecule has 2 bridgehead atoms. The first-order chi connectivity index (χ1) is 14.5. The van der Waals surface area contributed by atoms with Crippen LogP contribution < -0.4 is 15.8 Å². The maximum Gasteiger partial charge on any atom is 0.264 e. The number of rotatable bonds is 2. The quantitative estimate of drug-likeness (QED) is 0.517. The van der Waals surface area contributed by atoms with E-state index < -0.39 is 0 Å². The molecule has 0 amide bonds. The zero-order valence-electron chi connectivity index (χ0n) is 16.8. The number of anilines is 1. The number of nitrogens with one attached hydrogen (secondary N) is 2. The molecular formula is C21H22ClN7O. The van der Waals surface area contributed by atoms with Crippen LogP contribution in [0.4, 0.5) is 5.95 Å². The van der Waals surface area contributed by atoms with Crippen LogP contribution in [-0.2, 0) is 14.1 Å². The van der Waals surface area contributed by atoms with Crippen LogP contribution in [0.15, 0.2) is 29.3 Å².